The summed E-state index contributed by atoms with van der Waals surface area (Å²) in [5.74, 6) is 0. The van der Waals surface area contributed by atoms with E-state index in [-0.39, 0.29) is 0 Å². The zero-order valence-corrected chi connectivity index (χ0v) is 18.7. The van der Waals surface area contributed by atoms with Gasteiger partial charge in [-0.15, -0.1) is 0 Å². The molecule has 0 spiro atoms. The average molecular weight is 384 g/mol. The van der Waals surface area contributed by atoms with Gasteiger partial charge in [0.1, 0.15) is 7.38 Å². The molecule has 3 heteroatoms. The Morgan fingerprint density at radius 1 is 0.600 bits per heavy atom. The summed E-state index contributed by atoms with van der Waals surface area (Å²) in [5.41, 5.74) is 0. The number of aryl methyl sites for hydroxylation is 1. The fourth-order valence-electron chi connectivity index (χ4n) is 3.48. The number of aromatic nitrogens is 1. The van der Waals surface area contributed by atoms with Gasteiger partial charge in [-0.05, 0) is 24.6 Å². The van der Waals surface area contributed by atoms with Gasteiger partial charge in [0.25, 0.3) is 0 Å². The van der Waals surface area contributed by atoms with Crippen molar-refractivity contribution in [1.29, 1.82) is 0 Å². The third-order valence-electron chi connectivity index (χ3n) is 5.10. The van der Waals surface area contributed by atoms with E-state index in [0.717, 1.165) is 0 Å². The first-order chi connectivity index (χ1) is 12.1. The van der Waals surface area contributed by atoms with Crippen molar-refractivity contribution in [2.75, 3.05) is 0 Å². The molecule has 0 amide bonds. The van der Waals surface area contributed by atoms with Gasteiger partial charge >= 0.3 is 0 Å². The van der Waals surface area contributed by atoms with E-state index in [0.29, 0.717) is 0 Å². The Balaban J connectivity index is 1.69. The van der Waals surface area contributed by atoms with Crippen LogP contribution in [-0.2, 0) is 6.54 Å². The van der Waals surface area contributed by atoms with Crippen LogP contribution in [0.25, 0.3) is 0 Å². The van der Waals surface area contributed by atoms with Crippen LogP contribution in [0.4, 0.5) is 0 Å². The maximum atomic E-state index is 6.35. The van der Waals surface area contributed by atoms with E-state index in [4.69, 9.17) is 11.1 Å². The van der Waals surface area contributed by atoms with Crippen molar-refractivity contribution in [2.24, 2.45) is 0 Å². The smallest absolute Gasteiger partial charge is 0.150 e. The maximum absolute atomic E-state index is 6.35. The number of hydrogen-bond donors (Lipinski definition) is 0. The van der Waals surface area contributed by atoms with Gasteiger partial charge < -0.3 is 4.57 Å². The molecule has 1 rings (SSSR count). The van der Waals surface area contributed by atoms with Crippen molar-refractivity contribution < 1.29 is 0 Å². The zero-order valence-electron chi connectivity index (χ0n) is 16.9. The summed E-state index contributed by atoms with van der Waals surface area (Å²) in [6.45, 7) is 5.72. The van der Waals surface area contributed by atoms with Crippen LogP contribution in [-0.4, -0.2) is 12.0 Å². The average Bonchev–Trinajstić information content (AvgIpc) is 3.07. The quantitative estimate of drug-likeness (QED) is 0.144. The van der Waals surface area contributed by atoms with Crippen molar-refractivity contribution >= 4 is 18.5 Å². The normalized spacial score (nSPS) is 12.0. The summed E-state index contributed by atoms with van der Waals surface area (Å²) < 4.78 is 2.29. The molecule has 0 unspecified atom stereocenters. The predicted octanol–water partition coefficient (Wildman–Crippen LogP) is 8.39. The lowest BCUT2D eigenvalue weighted by Gasteiger charge is -2.11. The second kappa shape index (κ2) is 14.9. The summed E-state index contributed by atoms with van der Waals surface area (Å²) in [6.07, 6.45) is 24.2. The van der Waals surface area contributed by atoms with Gasteiger partial charge in [0, 0.05) is 18.9 Å². The van der Waals surface area contributed by atoms with Gasteiger partial charge in [-0.1, -0.05) is 96.6 Å². The van der Waals surface area contributed by atoms with Crippen molar-refractivity contribution in [3.63, 3.8) is 0 Å². The van der Waals surface area contributed by atoms with Gasteiger partial charge in [-0.3, -0.25) is 0 Å². The predicted molar refractivity (Wildman–Crippen MR) is 117 cm³/mol. The van der Waals surface area contributed by atoms with Gasteiger partial charge in [-0.2, -0.15) is 11.1 Å². The molecule has 0 radical (unpaired) electrons. The van der Waals surface area contributed by atoms with E-state index in [1.807, 2.05) is 0 Å². The highest BCUT2D eigenvalue weighted by atomic mass is 35.6. The van der Waals surface area contributed by atoms with Gasteiger partial charge in [0.05, 0.1) is 0 Å². The first-order valence-corrected chi connectivity index (χ1v) is 15.1. The number of rotatable bonds is 17. The highest BCUT2D eigenvalue weighted by molar-refractivity contribution is 7.19. The molecular weight excluding hydrogens is 342 g/mol. The molecule has 0 aromatic carbocycles. The Morgan fingerprint density at radius 2 is 0.960 bits per heavy atom. The Labute approximate surface area is 163 Å². The lowest BCUT2D eigenvalue weighted by Crippen LogP contribution is -2.14. The number of hydrogen-bond acceptors (Lipinski definition) is 0. The zero-order chi connectivity index (χ0) is 18.2. The van der Waals surface area contributed by atoms with Crippen LogP contribution >= 0.6 is 11.1 Å². The second-order valence-electron chi connectivity index (χ2n) is 8.34. The third kappa shape index (κ3) is 15.7. The van der Waals surface area contributed by atoms with E-state index in [1.54, 1.807) is 0 Å². The third-order valence-corrected chi connectivity index (χ3v) is 7.21. The molecule has 0 aliphatic carbocycles. The number of nitrogens with zero attached hydrogens (tertiary/aromatic N) is 1. The lowest BCUT2D eigenvalue weighted by molar-refractivity contribution is 0.524. The molecule has 0 saturated heterocycles. The van der Waals surface area contributed by atoms with Crippen LogP contribution in [0.3, 0.4) is 0 Å². The van der Waals surface area contributed by atoms with Gasteiger partial charge in [0.2, 0.25) is 0 Å². The summed E-state index contributed by atoms with van der Waals surface area (Å²) in [5, 5.41) is 0. The molecule has 0 bridgehead atoms. The highest BCUT2D eigenvalue weighted by Gasteiger charge is 2.15. The molecule has 0 N–H and O–H groups in total. The lowest BCUT2D eigenvalue weighted by atomic mass is 10.0. The van der Waals surface area contributed by atoms with Crippen LogP contribution in [0, 0.1) is 0 Å². The minimum atomic E-state index is -1.30. The molecule has 1 nitrogen and oxygen atoms in total. The first-order valence-electron chi connectivity index (χ1n) is 10.9. The Hall–Kier alpha value is -0.213. The topological polar surface area (TPSA) is 4.93 Å². The number of unbranched alkanes of at least 4 members (excludes halogenated alkanes) is 13. The van der Waals surface area contributed by atoms with Gasteiger partial charge in [-0.25, -0.2) is 0 Å². The van der Waals surface area contributed by atoms with E-state index in [2.05, 4.69) is 42.2 Å². The second-order valence-corrected chi connectivity index (χ2v) is 15.3. The molecule has 1 aromatic heterocycles. The SMILES string of the molecule is C[Si](C)(Cl)CCCCCCCCCCCCCCCCn1cccc1. The largest absolute Gasteiger partial charge is 0.354 e. The summed E-state index contributed by atoms with van der Waals surface area (Å²) in [7, 11) is -1.30. The summed E-state index contributed by atoms with van der Waals surface area (Å²) >= 11 is 6.35. The monoisotopic (exact) mass is 383 g/mol. The Bertz CT molecular complexity index is 383. The highest BCUT2D eigenvalue weighted by Crippen LogP contribution is 2.19. The van der Waals surface area contributed by atoms with Gasteiger partial charge in [0.15, 0.2) is 0 Å². The van der Waals surface area contributed by atoms with E-state index in [1.165, 1.54) is 102 Å². The molecular formula is C22H42ClNSi. The molecule has 0 aliphatic heterocycles. The number of halogens is 1. The standard InChI is InChI=1S/C22H42ClNSi/c1-25(2,23)22-18-14-12-10-8-6-4-3-5-7-9-11-13-15-19-24-20-16-17-21-24/h16-17,20-21H,3-15,18-19,22H2,1-2H3. The minimum Gasteiger partial charge on any atom is -0.354 e. The molecule has 0 fully saturated rings. The maximum Gasteiger partial charge on any atom is 0.150 e. The molecule has 0 aliphatic rings. The van der Waals surface area contributed by atoms with E-state index < -0.39 is 7.38 Å². The Kier molecular flexibility index (Phi) is 13.6. The van der Waals surface area contributed by atoms with E-state index >= 15 is 0 Å². The minimum absolute atomic E-state index is 1.19. The van der Waals surface area contributed by atoms with Crippen LogP contribution in [0.5, 0.6) is 0 Å². The first kappa shape index (κ1) is 22.8. The summed E-state index contributed by atoms with van der Waals surface area (Å²) in [6, 6.07) is 5.52. The van der Waals surface area contributed by atoms with Crippen molar-refractivity contribution in [3.05, 3.63) is 24.5 Å². The molecule has 1 aromatic rings. The van der Waals surface area contributed by atoms with Crippen LogP contribution in [0.2, 0.25) is 19.1 Å². The molecule has 1 heterocycles. The Morgan fingerprint density at radius 3 is 1.36 bits per heavy atom. The fourth-order valence-corrected chi connectivity index (χ4v) is 4.97. The van der Waals surface area contributed by atoms with Crippen molar-refractivity contribution in [1.82, 2.24) is 4.57 Å². The fraction of sp³-hybridized carbons (Fsp3) is 0.818. The van der Waals surface area contributed by atoms with E-state index in [9.17, 15) is 0 Å². The summed E-state index contributed by atoms with van der Waals surface area (Å²) in [4.78, 5) is 0. The molecule has 25 heavy (non-hydrogen) atoms. The van der Waals surface area contributed by atoms with Crippen LogP contribution in [0.1, 0.15) is 89.9 Å². The molecule has 0 atom stereocenters. The molecule has 0 saturated carbocycles. The molecule has 146 valence electrons. The van der Waals surface area contributed by atoms with Crippen molar-refractivity contribution in [2.45, 2.75) is 116 Å². The van der Waals surface area contributed by atoms with Crippen LogP contribution < -0.4 is 0 Å². The van der Waals surface area contributed by atoms with Crippen LogP contribution in [0.15, 0.2) is 24.5 Å². The van der Waals surface area contributed by atoms with Crippen molar-refractivity contribution in [3.8, 4) is 0 Å².